The van der Waals surface area contributed by atoms with Crippen molar-refractivity contribution in [3.8, 4) is 0 Å². The molecule has 3 rings (SSSR count). The van der Waals surface area contributed by atoms with Crippen molar-refractivity contribution in [1.29, 1.82) is 0 Å². The lowest BCUT2D eigenvalue weighted by Gasteiger charge is -2.21. The molecule has 2 atom stereocenters. The molecule has 6 heteroatoms. The Morgan fingerprint density at radius 3 is 2.50 bits per heavy atom. The molecule has 2 aromatic rings. The lowest BCUT2D eigenvalue weighted by Crippen LogP contribution is -2.44. The molecule has 0 bridgehead atoms. The first-order valence-electron chi connectivity index (χ1n) is 7.74. The zero-order valence-corrected chi connectivity index (χ0v) is 13.7. The van der Waals surface area contributed by atoms with Crippen molar-refractivity contribution in [3.63, 3.8) is 0 Å². The number of anilines is 1. The van der Waals surface area contributed by atoms with Crippen molar-refractivity contribution in [3.05, 3.63) is 65.2 Å². The van der Waals surface area contributed by atoms with E-state index in [0.717, 1.165) is 5.56 Å². The van der Waals surface area contributed by atoms with Crippen LogP contribution in [0.5, 0.6) is 0 Å². The van der Waals surface area contributed by atoms with Crippen molar-refractivity contribution < 1.29 is 9.59 Å². The number of para-hydroxylation sites is 1. The zero-order chi connectivity index (χ0) is 17.1. The Morgan fingerprint density at radius 2 is 1.83 bits per heavy atom. The summed E-state index contributed by atoms with van der Waals surface area (Å²) in [5.41, 5.74) is 6.94. The molecule has 1 aliphatic heterocycles. The summed E-state index contributed by atoms with van der Waals surface area (Å²) < 4.78 is 0. The molecule has 2 unspecified atom stereocenters. The molecule has 0 radical (unpaired) electrons. The van der Waals surface area contributed by atoms with E-state index >= 15 is 0 Å². The highest BCUT2D eigenvalue weighted by Crippen LogP contribution is 2.29. The summed E-state index contributed by atoms with van der Waals surface area (Å²) in [5.74, 6) is -0.615. The third-order valence-corrected chi connectivity index (χ3v) is 4.45. The van der Waals surface area contributed by atoms with E-state index in [4.69, 9.17) is 17.3 Å². The van der Waals surface area contributed by atoms with Crippen LogP contribution in [0.3, 0.4) is 0 Å². The lowest BCUT2D eigenvalue weighted by molar-refractivity contribution is -0.121. The molecule has 124 valence electrons. The van der Waals surface area contributed by atoms with E-state index in [9.17, 15) is 9.59 Å². The number of nitrogens with two attached hydrogens (primary N) is 1. The Morgan fingerprint density at radius 1 is 1.17 bits per heavy atom. The first-order chi connectivity index (χ1) is 11.6. The van der Waals surface area contributed by atoms with Gasteiger partial charge in [0.25, 0.3) is 0 Å². The standard InChI is InChI=1S/C18H18ClN3O2/c19-13-8-4-5-9-15(13)22-11-10-14(18(22)24)21-16(17(20)23)12-6-2-1-3-7-12/h1-9,14,16,21H,10-11H2,(H2,20,23). The molecule has 0 spiro atoms. The van der Waals surface area contributed by atoms with Gasteiger partial charge in [0, 0.05) is 6.54 Å². The van der Waals surface area contributed by atoms with E-state index in [-0.39, 0.29) is 5.91 Å². The van der Waals surface area contributed by atoms with Crippen molar-refractivity contribution in [2.75, 3.05) is 11.4 Å². The molecule has 24 heavy (non-hydrogen) atoms. The van der Waals surface area contributed by atoms with Crippen molar-refractivity contribution in [1.82, 2.24) is 5.32 Å². The van der Waals surface area contributed by atoms with Crippen LogP contribution in [0, 0.1) is 0 Å². The molecule has 5 nitrogen and oxygen atoms in total. The molecule has 1 aliphatic rings. The van der Waals surface area contributed by atoms with Gasteiger partial charge in [-0.3, -0.25) is 14.9 Å². The van der Waals surface area contributed by atoms with Gasteiger partial charge in [0.05, 0.1) is 16.8 Å². The highest BCUT2D eigenvalue weighted by molar-refractivity contribution is 6.33. The first kappa shape index (κ1) is 16.5. The molecular weight excluding hydrogens is 326 g/mol. The van der Waals surface area contributed by atoms with Crippen LogP contribution in [-0.4, -0.2) is 24.4 Å². The van der Waals surface area contributed by atoms with Gasteiger partial charge in [-0.25, -0.2) is 0 Å². The Hall–Kier alpha value is -2.37. The van der Waals surface area contributed by atoms with E-state index < -0.39 is 18.0 Å². The number of amides is 2. The van der Waals surface area contributed by atoms with Crippen LogP contribution in [0.4, 0.5) is 5.69 Å². The van der Waals surface area contributed by atoms with E-state index in [2.05, 4.69) is 5.32 Å². The fourth-order valence-corrected chi connectivity index (χ4v) is 3.17. The maximum Gasteiger partial charge on any atom is 0.244 e. The number of primary amides is 1. The summed E-state index contributed by atoms with van der Waals surface area (Å²) in [6, 6.07) is 15.2. The van der Waals surface area contributed by atoms with Crippen LogP contribution < -0.4 is 16.0 Å². The fourth-order valence-electron chi connectivity index (χ4n) is 2.93. The highest BCUT2D eigenvalue weighted by Gasteiger charge is 2.35. The topological polar surface area (TPSA) is 75.4 Å². The minimum Gasteiger partial charge on any atom is -0.368 e. The number of benzene rings is 2. The average Bonchev–Trinajstić information content (AvgIpc) is 2.94. The molecule has 1 fully saturated rings. The number of carbonyl (C=O) groups is 2. The third kappa shape index (κ3) is 3.27. The van der Waals surface area contributed by atoms with E-state index in [0.29, 0.717) is 23.7 Å². The number of nitrogens with one attached hydrogen (secondary N) is 1. The van der Waals surface area contributed by atoms with Crippen LogP contribution >= 0.6 is 11.6 Å². The van der Waals surface area contributed by atoms with Crippen molar-refractivity contribution in [2.45, 2.75) is 18.5 Å². The predicted molar refractivity (Wildman–Crippen MR) is 93.7 cm³/mol. The Bertz CT molecular complexity index is 751. The molecule has 0 saturated carbocycles. The van der Waals surface area contributed by atoms with Crippen LogP contribution in [0.15, 0.2) is 54.6 Å². The van der Waals surface area contributed by atoms with Gasteiger partial charge < -0.3 is 10.6 Å². The van der Waals surface area contributed by atoms with Gasteiger partial charge in [-0.15, -0.1) is 0 Å². The quantitative estimate of drug-likeness (QED) is 0.874. The summed E-state index contributed by atoms with van der Waals surface area (Å²) in [6.45, 7) is 0.542. The largest absolute Gasteiger partial charge is 0.368 e. The van der Waals surface area contributed by atoms with E-state index in [1.807, 2.05) is 48.5 Å². The van der Waals surface area contributed by atoms with Gasteiger partial charge in [0.1, 0.15) is 6.04 Å². The maximum absolute atomic E-state index is 12.7. The Kier molecular flexibility index (Phi) is 4.83. The second kappa shape index (κ2) is 7.03. The number of hydrogen-bond donors (Lipinski definition) is 2. The molecule has 3 N–H and O–H groups in total. The molecule has 0 aromatic heterocycles. The van der Waals surface area contributed by atoms with Gasteiger partial charge in [0.2, 0.25) is 11.8 Å². The summed E-state index contributed by atoms with van der Waals surface area (Å²) in [7, 11) is 0. The summed E-state index contributed by atoms with van der Waals surface area (Å²) in [6.07, 6.45) is 0.584. The SMILES string of the molecule is NC(=O)C(NC1CCN(c2ccccc2Cl)C1=O)c1ccccc1. The van der Waals surface area contributed by atoms with Crippen molar-refractivity contribution >= 4 is 29.1 Å². The summed E-state index contributed by atoms with van der Waals surface area (Å²) in [5, 5.41) is 3.62. The first-order valence-corrected chi connectivity index (χ1v) is 8.12. The fraction of sp³-hybridized carbons (Fsp3) is 0.222. The predicted octanol–water partition coefficient (Wildman–Crippen LogP) is 2.26. The molecule has 1 heterocycles. The monoisotopic (exact) mass is 343 g/mol. The number of carbonyl (C=O) groups excluding carboxylic acids is 2. The summed E-state index contributed by atoms with van der Waals surface area (Å²) in [4.78, 5) is 26.2. The second-order valence-corrected chi connectivity index (χ2v) is 6.10. The Labute approximate surface area is 145 Å². The molecule has 0 aliphatic carbocycles. The minimum absolute atomic E-state index is 0.106. The number of hydrogen-bond acceptors (Lipinski definition) is 3. The van der Waals surface area contributed by atoms with E-state index in [1.54, 1.807) is 11.0 Å². The number of nitrogens with zero attached hydrogens (tertiary/aromatic N) is 1. The molecule has 2 aromatic carbocycles. The van der Waals surface area contributed by atoms with Gasteiger partial charge >= 0.3 is 0 Å². The Balaban J connectivity index is 1.78. The van der Waals surface area contributed by atoms with E-state index in [1.165, 1.54) is 0 Å². The lowest BCUT2D eigenvalue weighted by atomic mass is 10.0. The van der Waals surface area contributed by atoms with Gasteiger partial charge in [-0.2, -0.15) is 0 Å². The zero-order valence-electron chi connectivity index (χ0n) is 13.0. The van der Waals surface area contributed by atoms with Gasteiger partial charge in [0.15, 0.2) is 0 Å². The average molecular weight is 344 g/mol. The second-order valence-electron chi connectivity index (χ2n) is 5.70. The van der Waals surface area contributed by atoms with Crippen LogP contribution in [0.1, 0.15) is 18.0 Å². The normalized spacial score (nSPS) is 18.6. The maximum atomic E-state index is 12.7. The third-order valence-electron chi connectivity index (χ3n) is 4.13. The van der Waals surface area contributed by atoms with Gasteiger partial charge in [-0.05, 0) is 24.1 Å². The molecule has 1 saturated heterocycles. The minimum atomic E-state index is -0.702. The molecule has 2 amide bonds. The molecular formula is C18H18ClN3O2. The van der Waals surface area contributed by atoms with Crippen LogP contribution in [-0.2, 0) is 9.59 Å². The number of halogens is 1. The van der Waals surface area contributed by atoms with Gasteiger partial charge in [-0.1, -0.05) is 54.1 Å². The smallest absolute Gasteiger partial charge is 0.244 e. The highest BCUT2D eigenvalue weighted by atomic mass is 35.5. The van der Waals surface area contributed by atoms with Crippen molar-refractivity contribution in [2.24, 2.45) is 5.73 Å². The van der Waals surface area contributed by atoms with Crippen LogP contribution in [0.2, 0.25) is 5.02 Å². The number of rotatable bonds is 5. The summed E-state index contributed by atoms with van der Waals surface area (Å²) >= 11 is 6.18. The van der Waals surface area contributed by atoms with Crippen LogP contribution in [0.25, 0.3) is 0 Å².